The molecule has 1 unspecified atom stereocenters. The number of carbonyl (C=O) groups excluding carboxylic acids is 2. The van der Waals surface area contributed by atoms with Crippen LogP contribution in [0.5, 0.6) is 0 Å². The number of rotatable bonds is 5. The van der Waals surface area contributed by atoms with Crippen LogP contribution in [-0.2, 0) is 9.53 Å². The van der Waals surface area contributed by atoms with Crippen molar-refractivity contribution in [1.29, 1.82) is 0 Å². The maximum absolute atomic E-state index is 12.7. The first kappa shape index (κ1) is 18.6. The number of esters is 1. The van der Waals surface area contributed by atoms with E-state index in [9.17, 15) is 9.59 Å². The molecule has 3 aromatic rings. The van der Waals surface area contributed by atoms with Gasteiger partial charge in [0.05, 0.1) is 22.8 Å². The molecule has 2 heterocycles. The van der Waals surface area contributed by atoms with Crippen LogP contribution in [0.15, 0.2) is 36.5 Å². The summed E-state index contributed by atoms with van der Waals surface area (Å²) in [5.74, 6) is -1.34. The molecule has 0 aliphatic carbocycles. The number of benzene rings is 1. The lowest BCUT2D eigenvalue weighted by Gasteiger charge is -2.12. The quantitative estimate of drug-likeness (QED) is 0.700. The lowest BCUT2D eigenvalue weighted by atomic mass is 10.1. The lowest BCUT2D eigenvalue weighted by molar-refractivity contribution is -0.125. The number of primary amides is 1. The van der Waals surface area contributed by atoms with Crippen molar-refractivity contribution in [3.8, 4) is 11.3 Å². The molecule has 7 nitrogen and oxygen atoms in total. The number of nitrogens with two attached hydrogens (primary N) is 1. The summed E-state index contributed by atoms with van der Waals surface area (Å²) in [6, 6.07) is 9.58. The summed E-state index contributed by atoms with van der Waals surface area (Å²) >= 11 is 0. The van der Waals surface area contributed by atoms with Crippen LogP contribution in [-0.4, -0.2) is 32.7 Å². The first-order valence-corrected chi connectivity index (χ1v) is 8.73. The molecule has 3 rings (SSSR count). The fourth-order valence-corrected chi connectivity index (χ4v) is 2.72. The van der Waals surface area contributed by atoms with Crippen LogP contribution in [0.4, 0.5) is 0 Å². The molecule has 0 fully saturated rings. The molecule has 0 saturated carbocycles. The second-order valence-electron chi connectivity index (χ2n) is 6.79. The number of hydrogen-bond donors (Lipinski definition) is 1. The Morgan fingerprint density at radius 3 is 2.41 bits per heavy atom. The van der Waals surface area contributed by atoms with Crippen molar-refractivity contribution in [1.82, 2.24) is 14.8 Å². The van der Waals surface area contributed by atoms with Gasteiger partial charge in [0.1, 0.15) is 0 Å². The molecule has 140 valence electrons. The molecular weight excluding hydrogens is 344 g/mol. The Morgan fingerprint density at radius 1 is 1.15 bits per heavy atom. The summed E-state index contributed by atoms with van der Waals surface area (Å²) < 4.78 is 6.96. The van der Waals surface area contributed by atoms with Crippen molar-refractivity contribution in [3.05, 3.63) is 47.7 Å². The van der Waals surface area contributed by atoms with Crippen LogP contribution >= 0.6 is 0 Å². The molecule has 1 atom stereocenters. The number of pyridine rings is 1. The Bertz CT molecular complexity index is 1010. The second kappa shape index (κ2) is 7.19. The number of amides is 1. The van der Waals surface area contributed by atoms with Gasteiger partial charge in [0, 0.05) is 11.6 Å². The zero-order valence-electron chi connectivity index (χ0n) is 15.8. The van der Waals surface area contributed by atoms with Gasteiger partial charge < -0.3 is 10.5 Å². The van der Waals surface area contributed by atoms with Crippen molar-refractivity contribution in [2.45, 2.75) is 39.8 Å². The van der Waals surface area contributed by atoms with E-state index in [0.29, 0.717) is 22.3 Å². The standard InChI is InChI=1S/C20H22N4O3/c1-11(2)24-19-16(10-22-24)15(20(26)27-13(4)18(21)25)9-17(23-19)14-7-5-12(3)6-8-14/h5-11,13H,1-4H3,(H2,21,25). The normalized spacial score (nSPS) is 12.3. The van der Waals surface area contributed by atoms with E-state index < -0.39 is 18.0 Å². The third-order valence-corrected chi connectivity index (χ3v) is 4.31. The number of aromatic nitrogens is 3. The van der Waals surface area contributed by atoms with Crippen LogP contribution < -0.4 is 5.73 Å². The Labute approximate surface area is 157 Å². The summed E-state index contributed by atoms with van der Waals surface area (Å²) in [4.78, 5) is 28.7. The topological polar surface area (TPSA) is 100 Å². The molecule has 2 aromatic heterocycles. The first-order chi connectivity index (χ1) is 12.8. The van der Waals surface area contributed by atoms with Gasteiger partial charge in [-0.2, -0.15) is 5.10 Å². The molecule has 0 bridgehead atoms. The van der Waals surface area contributed by atoms with E-state index in [0.717, 1.165) is 11.1 Å². The molecule has 0 saturated heterocycles. The predicted molar refractivity (Wildman–Crippen MR) is 102 cm³/mol. The lowest BCUT2D eigenvalue weighted by Crippen LogP contribution is -2.30. The van der Waals surface area contributed by atoms with Crippen molar-refractivity contribution in [2.75, 3.05) is 0 Å². The maximum Gasteiger partial charge on any atom is 0.339 e. The number of hydrogen-bond acceptors (Lipinski definition) is 5. The largest absolute Gasteiger partial charge is 0.449 e. The van der Waals surface area contributed by atoms with E-state index in [1.807, 2.05) is 45.0 Å². The highest BCUT2D eigenvalue weighted by molar-refractivity contribution is 6.04. The molecule has 7 heteroatoms. The molecule has 1 aromatic carbocycles. The minimum absolute atomic E-state index is 0.0664. The molecule has 0 spiro atoms. The molecule has 2 N–H and O–H groups in total. The summed E-state index contributed by atoms with van der Waals surface area (Å²) in [7, 11) is 0. The summed E-state index contributed by atoms with van der Waals surface area (Å²) in [5.41, 5.74) is 8.72. The Morgan fingerprint density at radius 2 is 1.81 bits per heavy atom. The van der Waals surface area contributed by atoms with Gasteiger partial charge in [-0.05, 0) is 33.8 Å². The van der Waals surface area contributed by atoms with E-state index in [1.165, 1.54) is 6.92 Å². The molecule has 0 aliphatic rings. The summed E-state index contributed by atoms with van der Waals surface area (Å²) in [6.07, 6.45) is 0.566. The number of ether oxygens (including phenoxy) is 1. The van der Waals surface area contributed by atoms with Gasteiger partial charge in [0.25, 0.3) is 5.91 Å². The number of aryl methyl sites for hydroxylation is 1. The number of nitrogens with zero attached hydrogens (tertiary/aromatic N) is 3. The average molecular weight is 366 g/mol. The van der Waals surface area contributed by atoms with Crippen molar-refractivity contribution in [3.63, 3.8) is 0 Å². The number of carbonyl (C=O) groups is 2. The minimum Gasteiger partial charge on any atom is -0.449 e. The minimum atomic E-state index is -1.02. The first-order valence-electron chi connectivity index (χ1n) is 8.73. The van der Waals surface area contributed by atoms with Gasteiger partial charge in [-0.15, -0.1) is 0 Å². The Balaban J connectivity index is 2.17. The van der Waals surface area contributed by atoms with Crippen molar-refractivity contribution < 1.29 is 14.3 Å². The van der Waals surface area contributed by atoms with Gasteiger partial charge in [-0.25, -0.2) is 14.5 Å². The van der Waals surface area contributed by atoms with E-state index in [-0.39, 0.29) is 6.04 Å². The van der Waals surface area contributed by atoms with Crippen molar-refractivity contribution >= 4 is 22.9 Å². The highest BCUT2D eigenvalue weighted by Crippen LogP contribution is 2.27. The van der Waals surface area contributed by atoms with E-state index >= 15 is 0 Å². The molecule has 27 heavy (non-hydrogen) atoms. The Hall–Kier alpha value is -3.22. The van der Waals surface area contributed by atoms with Crippen LogP contribution in [0.2, 0.25) is 0 Å². The molecule has 0 aliphatic heterocycles. The van der Waals surface area contributed by atoms with E-state index in [1.54, 1.807) is 16.9 Å². The third kappa shape index (κ3) is 3.67. The monoisotopic (exact) mass is 366 g/mol. The SMILES string of the molecule is Cc1ccc(-c2cc(C(=O)OC(C)C(N)=O)c3cnn(C(C)C)c3n2)cc1. The zero-order chi connectivity index (χ0) is 19.7. The van der Waals surface area contributed by atoms with E-state index in [2.05, 4.69) is 5.10 Å². The predicted octanol–water partition coefficient (Wildman–Crippen LogP) is 3.02. The smallest absolute Gasteiger partial charge is 0.339 e. The highest BCUT2D eigenvalue weighted by atomic mass is 16.5. The van der Waals surface area contributed by atoms with Gasteiger partial charge in [-0.1, -0.05) is 29.8 Å². The summed E-state index contributed by atoms with van der Waals surface area (Å²) in [6.45, 7) is 7.42. The van der Waals surface area contributed by atoms with Crippen molar-refractivity contribution in [2.24, 2.45) is 5.73 Å². The fourth-order valence-electron chi connectivity index (χ4n) is 2.72. The zero-order valence-corrected chi connectivity index (χ0v) is 15.8. The molecule has 1 amide bonds. The third-order valence-electron chi connectivity index (χ3n) is 4.31. The maximum atomic E-state index is 12.7. The Kier molecular flexibility index (Phi) is 4.94. The highest BCUT2D eigenvalue weighted by Gasteiger charge is 2.22. The van der Waals surface area contributed by atoms with Gasteiger partial charge in [-0.3, -0.25) is 4.79 Å². The molecular formula is C20H22N4O3. The van der Waals surface area contributed by atoms with Gasteiger partial charge in [0.15, 0.2) is 11.8 Å². The van der Waals surface area contributed by atoms with Crippen LogP contribution in [0.3, 0.4) is 0 Å². The molecule has 0 radical (unpaired) electrons. The number of fused-ring (bicyclic) bond motifs is 1. The van der Waals surface area contributed by atoms with Crippen LogP contribution in [0.1, 0.15) is 42.7 Å². The van der Waals surface area contributed by atoms with Gasteiger partial charge >= 0.3 is 5.97 Å². The average Bonchev–Trinajstić information content (AvgIpc) is 3.05. The van der Waals surface area contributed by atoms with Crippen LogP contribution in [0, 0.1) is 6.92 Å². The van der Waals surface area contributed by atoms with E-state index in [4.69, 9.17) is 15.5 Å². The van der Waals surface area contributed by atoms with Crippen LogP contribution in [0.25, 0.3) is 22.3 Å². The fraction of sp³-hybridized carbons (Fsp3) is 0.300. The van der Waals surface area contributed by atoms with Gasteiger partial charge in [0.2, 0.25) is 0 Å². The second-order valence-corrected chi connectivity index (χ2v) is 6.79. The summed E-state index contributed by atoms with van der Waals surface area (Å²) in [5, 5.41) is 4.93.